The fourth-order valence-electron chi connectivity index (χ4n) is 1.41. The van der Waals surface area contributed by atoms with Crippen molar-refractivity contribution in [3.05, 3.63) is 59.7 Å². The maximum absolute atomic E-state index is 7.17. The number of nitrogens with one attached hydrogen (secondary N) is 1. The predicted molar refractivity (Wildman–Crippen MR) is 65.6 cm³/mol. The van der Waals surface area contributed by atoms with E-state index in [1.54, 1.807) is 0 Å². The maximum Gasteiger partial charge on any atom is 0.128 e. The topological polar surface area (TPSA) is 33.1 Å². The molecule has 0 unspecified atom stereocenters. The Morgan fingerprint density at radius 3 is 2.44 bits per heavy atom. The molecule has 0 amide bonds. The summed E-state index contributed by atoms with van der Waals surface area (Å²) < 4.78 is 5.67. The van der Waals surface area contributed by atoms with Crippen molar-refractivity contribution in [2.75, 3.05) is 0 Å². The summed E-state index contributed by atoms with van der Waals surface area (Å²) in [5.41, 5.74) is 2.05. The van der Waals surface area contributed by atoms with Crippen molar-refractivity contribution in [2.24, 2.45) is 0 Å². The zero-order valence-corrected chi connectivity index (χ0v) is 9.10. The summed E-state index contributed by atoms with van der Waals surface area (Å²) >= 11 is 0. The summed E-state index contributed by atoms with van der Waals surface area (Å²) in [6.07, 6.45) is 1.31. The quantitative estimate of drug-likeness (QED) is 0.770. The van der Waals surface area contributed by atoms with Crippen LogP contribution in [0.25, 0.3) is 0 Å². The van der Waals surface area contributed by atoms with Gasteiger partial charge in [-0.2, -0.15) is 0 Å². The average molecular weight is 211 g/mol. The van der Waals surface area contributed by atoms with Gasteiger partial charge in [-0.05, 0) is 36.8 Å². The molecule has 0 aliphatic heterocycles. The number of aryl methyl sites for hydroxylation is 1. The van der Waals surface area contributed by atoms with E-state index in [0.717, 1.165) is 17.1 Å². The van der Waals surface area contributed by atoms with Crippen LogP contribution in [-0.4, -0.2) is 6.21 Å². The van der Waals surface area contributed by atoms with E-state index in [-0.39, 0.29) is 0 Å². The lowest BCUT2D eigenvalue weighted by Gasteiger charge is -2.06. The van der Waals surface area contributed by atoms with Crippen molar-refractivity contribution in [3.63, 3.8) is 0 Å². The number of ether oxygens (including phenoxy) is 1. The van der Waals surface area contributed by atoms with Gasteiger partial charge in [0.05, 0.1) is 0 Å². The van der Waals surface area contributed by atoms with Gasteiger partial charge in [0.1, 0.15) is 11.5 Å². The summed E-state index contributed by atoms with van der Waals surface area (Å²) in [5.74, 6) is 1.57. The smallest absolute Gasteiger partial charge is 0.128 e. The van der Waals surface area contributed by atoms with Crippen LogP contribution in [0.1, 0.15) is 11.1 Å². The second-order valence-corrected chi connectivity index (χ2v) is 3.63. The number of rotatable bonds is 3. The molecule has 0 saturated carbocycles. The van der Waals surface area contributed by atoms with Gasteiger partial charge >= 0.3 is 0 Å². The molecule has 0 aliphatic carbocycles. The number of hydrogen-bond donors (Lipinski definition) is 1. The monoisotopic (exact) mass is 211 g/mol. The lowest BCUT2D eigenvalue weighted by atomic mass is 10.2. The van der Waals surface area contributed by atoms with Gasteiger partial charge in [-0.3, -0.25) is 0 Å². The molecular formula is C14H13NO. The molecule has 2 heteroatoms. The van der Waals surface area contributed by atoms with Crippen molar-refractivity contribution in [2.45, 2.75) is 6.92 Å². The van der Waals surface area contributed by atoms with Crippen LogP contribution in [0.5, 0.6) is 11.5 Å². The first kappa shape index (κ1) is 10.4. The molecule has 0 heterocycles. The molecular weight excluding hydrogens is 198 g/mol. The number of benzene rings is 2. The average Bonchev–Trinajstić information content (AvgIpc) is 2.32. The first-order valence-electron chi connectivity index (χ1n) is 5.13. The van der Waals surface area contributed by atoms with E-state index in [9.17, 15) is 0 Å². The highest BCUT2D eigenvalue weighted by Crippen LogP contribution is 2.21. The van der Waals surface area contributed by atoms with Crippen LogP contribution in [0.15, 0.2) is 48.5 Å². The Morgan fingerprint density at radius 1 is 1.00 bits per heavy atom. The summed E-state index contributed by atoms with van der Waals surface area (Å²) in [4.78, 5) is 0. The highest BCUT2D eigenvalue weighted by atomic mass is 16.5. The van der Waals surface area contributed by atoms with Crippen molar-refractivity contribution in [3.8, 4) is 11.5 Å². The van der Waals surface area contributed by atoms with Gasteiger partial charge in [0, 0.05) is 6.21 Å². The summed E-state index contributed by atoms with van der Waals surface area (Å²) in [7, 11) is 0. The molecule has 2 rings (SSSR count). The molecule has 2 aromatic carbocycles. The van der Waals surface area contributed by atoms with Gasteiger partial charge in [-0.15, -0.1) is 0 Å². The summed E-state index contributed by atoms with van der Waals surface area (Å²) in [6.45, 7) is 2.04. The molecule has 0 saturated heterocycles. The molecule has 0 fully saturated rings. The third-order valence-electron chi connectivity index (χ3n) is 2.28. The predicted octanol–water partition coefficient (Wildman–Crippen LogP) is 3.78. The zero-order valence-electron chi connectivity index (χ0n) is 9.10. The van der Waals surface area contributed by atoms with Gasteiger partial charge in [0.2, 0.25) is 0 Å². The van der Waals surface area contributed by atoms with Crippen molar-refractivity contribution in [1.82, 2.24) is 0 Å². The SMILES string of the molecule is Cc1ccc(Oc2cccc(C=N)c2)cc1. The first-order chi connectivity index (χ1) is 7.78. The normalized spacial score (nSPS) is 9.81. The van der Waals surface area contributed by atoms with Gasteiger partial charge in [0.25, 0.3) is 0 Å². The van der Waals surface area contributed by atoms with Gasteiger partial charge in [0.15, 0.2) is 0 Å². The summed E-state index contributed by atoms with van der Waals surface area (Å²) in [6, 6.07) is 15.4. The van der Waals surface area contributed by atoms with Crippen LogP contribution >= 0.6 is 0 Å². The highest BCUT2D eigenvalue weighted by molar-refractivity contribution is 5.77. The third kappa shape index (κ3) is 2.48. The van der Waals surface area contributed by atoms with Gasteiger partial charge < -0.3 is 10.1 Å². The largest absolute Gasteiger partial charge is 0.457 e. The zero-order chi connectivity index (χ0) is 11.4. The Kier molecular flexibility index (Phi) is 3.01. The standard InChI is InChI=1S/C14H13NO/c1-11-5-7-13(8-6-11)16-14-4-2-3-12(9-14)10-15/h2-10,15H,1H3. The van der Waals surface area contributed by atoms with E-state index >= 15 is 0 Å². The number of hydrogen-bond acceptors (Lipinski definition) is 2. The second kappa shape index (κ2) is 4.62. The lowest BCUT2D eigenvalue weighted by Crippen LogP contribution is -1.86. The van der Waals surface area contributed by atoms with E-state index in [1.165, 1.54) is 11.8 Å². The van der Waals surface area contributed by atoms with E-state index < -0.39 is 0 Å². The molecule has 0 aliphatic rings. The minimum absolute atomic E-state index is 0.754. The Labute approximate surface area is 95.0 Å². The van der Waals surface area contributed by atoms with Crippen LogP contribution in [0.2, 0.25) is 0 Å². The van der Waals surface area contributed by atoms with Crippen molar-refractivity contribution >= 4 is 6.21 Å². The maximum atomic E-state index is 7.17. The molecule has 0 aromatic heterocycles. The van der Waals surface area contributed by atoms with E-state index in [2.05, 4.69) is 0 Å². The Bertz CT molecular complexity index is 488. The molecule has 1 N–H and O–H groups in total. The molecule has 0 atom stereocenters. The molecule has 0 radical (unpaired) electrons. The van der Waals surface area contributed by atoms with Gasteiger partial charge in [-0.1, -0.05) is 29.8 Å². The van der Waals surface area contributed by atoms with Crippen molar-refractivity contribution < 1.29 is 4.74 Å². The van der Waals surface area contributed by atoms with Crippen LogP contribution in [-0.2, 0) is 0 Å². The van der Waals surface area contributed by atoms with Crippen LogP contribution < -0.4 is 4.74 Å². The van der Waals surface area contributed by atoms with E-state index in [4.69, 9.17) is 10.1 Å². The minimum Gasteiger partial charge on any atom is -0.457 e. The first-order valence-corrected chi connectivity index (χ1v) is 5.13. The second-order valence-electron chi connectivity index (χ2n) is 3.63. The molecule has 16 heavy (non-hydrogen) atoms. The van der Waals surface area contributed by atoms with Gasteiger partial charge in [-0.25, -0.2) is 0 Å². The fraction of sp³-hybridized carbons (Fsp3) is 0.0714. The molecule has 2 aromatic rings. The fourth-order valence-corrected chi connectivity index (χ4v) is 1.41. The van der Waals surface area contributed by atoms with Crippen LogP contribution in [0, 0.1) is 12.3 Å². The Balaban J connectivity index is 2.20. The summed E-state index contributed by atoms with van der Waals surface area (Å²) in [5, 5.41) is 7.17. The molecule has 0 bridgehead atoms. The van der Waals surface area contributed by atoms with Crippen LogP contribution in [0.4, 0.5) is 0 Å². The highest BCUT2D eigenvalue weighted by Gasteiger charge is 1.97. The Morgan fingerprint density at radius 2 is 1.75 bits per heavy atom. The molecule has 80 valence electrons. The molecule has 2 nitrogen and oxygen atoms in total. The van der Waals surface area contributed by atoms with E-state index in [1.807, 2.05) is 55.5 Å². The van der Waals surface area contributed by atoms with Crippen LogP contribution in [0.3, 0.4) is 0 Å². The lowest BCUT2D eigenvalue weighted by molar-refractivity contribution is 0.482. The minimum atomic E-state index is 0.754. The molecule has 0 spiro atoms. The van der Waals surface area contributed by atoms with Crippen molar-refractivity contribution in [1.29, 1.82) is 5.41 Å². The third-order valence-corrected chi connectivity index (χ3v) is 2.28. The van der Waals surface area contributed by atoms with E-state index in [0.29, 0.717) is 0 Å². The Hall–Kier alpha value is -2.09.